The third-order valence-corrected chi connectivity index (χ3v) is 9.47. The van der Waals surface area contributed by atoms with Crippen molar-refractivity contribution in [2.45, 2.75) is 65.8 Å². The Morgan fingerprint density at radius 2 is 1.44 bits per heavy atom. The van der Waals surface area contributed by atoms with E-state index in [1.807, 2.05) is 0 Å². The molecule has 6 heteroatoms. The largest absolute Gasteiger partial charge is 0.383 e. The molecule has 6 rings (SSSR count). The number of para-hydroxylation sites is 1. The van der Waals surface area contributed by atoms with Crippen molar-refractivity contribution in [3.8, 4) is 0 Å². The first-order valence-corrected chi connectivity index (χ1v) is 15.4. The number of Topliss-reactive ketones (excluding diaryl/α,β-unsaturated/α-hetero) is 2. The van der Waals surface area contributed by atoms with E-state index in [4.69, 9.17) is 4.74 Å². The molecule has 0 spiro atoms. The molecule has 3 aromatic rings. The lowest BCUT2D eigenvalue weighted by atomic mass is 9.63. The summed E-state index contributed by atoms with van der Waals surface area (Å²) in [5.41, 5.74) is 6.89. The van der Waals surface area contributed by atoms with Crippen LogP contribution in [0.5, 0.6) is 0 Å². The van der Waals surface area contributed by atoms with Gasteiger partial charge in [-0.15, -0.1) is 0 Å². The molecule has 0 saturated carbocycles. The van der Waals surface area contributed by atoms with Crippen LogP contribution in [0.25, 0.3) is 10.9 Å². The summed E-state index contributed by atoms with van der Waals surface area (Å²) in [5, 5.41) is 1.11. The number of halogens is 1. The molecule has 3 aliphatic rings. The molecule has 0 N–H and O–H groups in total. The number of hydrogen-bond acceptors (Lipinski definition) is 4. The number of benzene rings is 2. The van der Waals surface area contributed by atoms with Crippen LogP contribution in [0.4, 0.5) is 0 Å². The quantitative estimate of drug-likeness (QED) is 0.284. The lowest BCUT2D eigenvalue weighted by Gasteiger charge is -2.49. The lowest BCUT2D eigenvalue weighted by molar-refractivity contribution is -0.119. The Bertz CT molecular complexity index is 1550. The van der Waals surface area contributed by atoms with E-state index in [0.717, 1.165) is 56.3 Å². The fourth-order valence-corrected chi connectivity index (χ4v) is 7.50. The molecule has 2 heterocycles. The molecule has 0 unspecified atom stereocenters. The third kappa shape index (κ3) is 5.14. The van der Waals surface area contributed by atoms with E-state index in [9.17, 15) is 9.59 Å². The number of allylic oxidation sites excluding steroid dienone is 4. The van der Waals surface area contributed by atoms with Gasteiger partial charge in [-0.2, -0.15) is 0 Å². The Balaban J connectivity index is 1.59. The Labute approximate surface area is 251 Å². The first kappa shape index (κ1) is 28.2. The van der Waals surface area contributed by atoms with Gasteiger partial charge in [0, 0.05) is 83.1 Å². The molecule has 0 saturated heterocycles. The van der Waals surface area contributed by atoms with Crippen LogP contribution < -0.4 is 0 Å². The summed E-state index contributed by atoms with van der Waals surface area (Å²) in [6.07, 6.45) is 4.78. The molecule has 0 fully saturated rings. The van der Waals surface area contributed by atoms with Crippen LogP contribution in [0.3, 0.4) is 0 Å². The topological polar surface area (TPSA) is 51.5 Å². The van der Waals surface area contributed by atoms with Gasteiger partial charge in [-0.1, -0.05) is 74.0 Å². The van der Waals surface area contributed by atoms with Gasteiger partial charge in [-0.3, -0.25) is 9.59 Å². The maximum Gasteiger partial charge on any atom is 0.162 e. The van der Waals surface area contributed by atoms with E-state index >= 15 is 0 Å². The highest BCUT2D eigenvalue weighted by molar-refractivity contribution is 9.10. The van der Waals surface area contributed by atoms with Crippen molar-refractivity contribution < 1.29 is 14.3 Å². The van der Waals surface area contributed by atoms with Crippen molar-refractivity contribution in [1.29, 1.82) is 0 Å². The highest BCUT2D eigenvalue weighted by atomic mass is 79.9. The van der Waals surface area contributed by atoms with E-state index in [-0.39, 0.29) is 28.3 Å². The molecule has 1 aliphatic heterocycles. The SMILES string of the molecule is COCCN1C2=C(C(=O)CC(C)(C)C2)C(c2cn(Cc3ccc(Br)cc3)c3ccccc23)C2=C1CC(C)(C)CC2=O. The minimum absolute atomic E-state index is 0.145. The number of aromatic nitrogens is 1. The first-order chi connectivity index (χ1) is 19.5. The predicted molar refractivity (Wildman–Crippen MR) is 167 cm³/mol. The van der Waals surface area contributed by atoms with Crippen molar-refractivity contribution in [3.05, 3.63) is 92.9 Å². The van der Waals surface area contributed by atoms with E-state index < -0.39 is 0 Å². The summed E-state index contributed by atoms with van der Waals surface area (Å²) in [6, 6.07) is 16.8. The monoisotopic (exact) mass is 614 g/mol. The zero-order valence-electron chi connectivity index (χ0n) is 24.7. The fraction of sp³-hybridized carbons (Fsp3) is 0.429. The second-order valence-corrected chi connectivity index (χ2v) is 14.5. The molecule has 2 aromatic carbocycles. The molecule has 0 atom stereocenters. The highest BCUT2D eigenvalue weighted by Crippen LogP contribution is 2.55. The molecular weight excluding hydrogens is 576 g/mol. The maximum absolute atomic E-state index is 14.2. The summed E-state index contributed by atoms with van der Waals surface area (Å²) in [7, 11) is 1.71. The Hall–Kier alpha value is -2.96. The van der Waals surface area contributed by atoms with Crippen LogP contribution in [0.1, 0.15) is 70.4 Å². The van der Waals surface area contributed by atoms with E-state index in [2.05, 4.69) is 108 Å². The van der Waals surface area contributed by atoms with Crippen LogP contribution in [-0.2, 0) is 20.9 Å². The van der Waals surface area contributed by atoms with E-state index in [1.54, 1.807) is 7.11 Å². The molecule has 5 nitrogen and oxygen atoms in total. The number of methoxy groups -OCH3 is 1. The van der Waals surface area contributed by atoms with Crippen LogP contribution in [-0.4, -0.2) is 41.3 Å². The minimum atomic E-state index is -0.359. The number of carbonyl (C=O) groups excluding carboxylic acids is 2. The molecule has 41 heavy (non-hydrogen) atoms. The molecular formula is C35H39BrN2O3. The highest BCUT2D eigenvalue weighted by Gasteiger charge is 2.49. The van der Waals surface area contributed by atoms with Crippen LogP contribution in [0, 0.1) is 10.8 Å². The Morgan fingerprint density at radius 3 is 2.02 bits per heavy atom. The smallest absolute Gasteiger partial charge is 0.162 e. The Morgan fingerprint density at radius 1 is 0.854 bits per heavy atom. The van der Waals surface area contributed by atoms with Crippen molar-refractivity contribution in [2.24, 2.45) is 10.8 Å². The van der Waals surface area contributed by atoms with Gasteiger partial charge in [-0.05, 0) is 53.0 Å². The van der Waals surface area contributed by atoms with Gasteiger partial charge in [-0.25, -0.2) is 0 Å². The van der Waals surface area contributed by atoms with E-state index in [1.165, 1.54) is 5.56 Å². The van der Waals surface area contributed by atoms with Gasteiger partial charge < -0.3 is 14.2 Å². The summed E-state index contributed by atoms with van der Waals surface area (Å²) in [5.74, 6) is -0.0303. The standard InChI is InChI=1S/C35H39BrN2O3/c1-34(2)16-27-32(29(39)18-34)31(33-28(38(27)14-15-41-5)17-35(3,4)19-30(33)40)25-21-37(26-9-7-6-8-24(25)26)20-22-10-12-23(36)13-11-22/h6-13,21,31H,14-20H2,1-5H3. The summed E-state index contributed by atoms with van der Waals surface area (Å²) >= 11 is 3.55. The van der Waals surface area contributed by atoms with Crippen molar-refractivity contribution in [3.63, 3.8) is 0 Å². The van der Waals surface area contributed by atoms with Gasteiger partial charge in [0.05, 0.1) is 6.61 Å². The average molecular weight is 616 g/mol. The number of carbonyl (C=O) groups is 2. The number of ketones is 2. The number of rotatable bonds is 6. The predicted octanol–water partition coefficient (Wildman–Crippen LogP) is 7.78. The average Bonchev–Trinajstić information content (AvgIpc) is 3.25. The third-order valence-electron chi connectivity index (χ3n) is 8.94. The minimum Gasteiger partial charge on any atom is -0.383 e. The molecule has 214 valence electrons. The maximum atomic E-state index is 14.2. The number of ether oxygens (including phenoxy) is 1. The fourth-order valence-electron chi connectivity index (χ4n) is 7.23. The van der Waals surface area contributed by atoms with Gasteiger partial charge in [0.15, 0.2) is 11.6 Å². The normalized spacial score (nSPS) is 20.6. The number of fused-ring (bicyclic) bond motifs is 1. The van der Waals surface area contributed by atoms with Crippen molar-refractivity contribution >= 4 is 38.4 Å². The lowest BCUT2D eigenvalue weighted by Crippen LogP contribution is -2.45. The van der Waals surface area contributed by atoms with Gasteiger partial charge in [0.2, 0.25) is 0 Å². The molecule has 2 aliphatic carbocycles. The van der Waals surface area contributed by atoms with Gasteiger partial charge in [0.25, 0.3) is 0 Å². The van der Waals surface area contributed by atoms with Crippen LogP contribution >= 0.6 is 15.9 Å². The van der Waals surface area contributed by atoms with Gasteiger partial charge >= 0.3 is 0 Å². The van der Waals surface area contributed by atoms with E-state index in [0.29, 0.717) is 32.5 Å². The zero-order chi connectivity index (χ0) is 29.1. The van der Waals surface area contributed by atoms with Gasteiger partial charge in [0.1, 0.15) is 0 Å². The Kier molecular flexibility index (Phi) is 7.14. The molecule has 1 aromatic heterocycles. The summed E-state index contributed by atoms with van der Waals surface area (Å²) < 4.78 is 8.86. The van der Waals surface area contributed by atoms with Crippen LogP contribution in [0.2, 0.25) is 0 Å². The van der Waals surface area contributed by atoms with Crippen LogP contribution in [0.15, 0.2) is 81.7 Å². The van der Waals surface area contributed by atoms with Crippen molar-refractivity contribution in [1.82, 2.24) is 9.47 Å². The first-order valence-electron chi connectivity index (χ1n) is 14.6. The number of nitrogens with zero attached hydrogens (tertiary/aromatic N) is 2. The molecule has 0 radical (unpaired) electrons. The van der Waals surface area contributed by atoms with Crippen molar-refractivity contribution in [2.75, 3.05) is 20.3 Å². The summed E-state index contributed by atoms with van der Waals surface area (Å²) in [4.78, 5) is 30.6. The summed E-state index contributed by atoms with van der Waals surface area (Å²) in [6.45, 7) is 10.6. The molecule has 0 amide bonds. The second-order valence-electron chi connectivity index (χ2n) is 13.5. The zero-order valence-corrected chi connectivity index (χ0v) is 26.3. The number of hydrogen-bond donors (Lipinski definition) is 0. The second kappa shape index (κ2) is 10.4. The molecule has 0 bridgehead atoms.